The second-order valence-corrected chi connectivity index (χ2v) is 6.31. The fourth-order valence-corrected chi connectivity index (χ4v) is 3.80. The molecule has 3 aromatic carbocycles. The predicted molar refractivity (Wildman–Crippen MR) is 109 cm³/mol. The Morgan fingerprint density at radius 2 is 1.04 bits per heavy atom. The van der Waals surface area contributed by atoms with E-state index < -0.39 is 0 Å². The summed E-state index contributed by atoms with van der Waals surface area (Å²) in [5.74, 6) is 0.438. The standard InChI is InChI=1S/C22H23B.2H2O/c1-2-21(18-12-6-3-7-13-18)22(23,19-14-8-4-9-15-19)20-16-10-5-11-17-20;;/h3-17,21H,2,23H2,1H3;2*1H2. The minimum atomic E-state index is -0.0430. The maximum Gasteiger partial charge on any atom is 0.121 e. The van der Waals surface area contributed by atoms with Crippen LogP contribution < -0.4 is 0 Å². The van der Waals surface area contributed by atoms with Gasteiger partial charge in [0.2, 0.25) is 0 Å². The lowest BCUT2D eigenvalue weighted by atomic mass is 9.51. The average molecular weight is 334 g/mol. The third-order valence-corrected chi connectivity index (χ3v) is 5.05. The zero-order chi connectivity index (χ0) is 16.1. The monoisotopic (exact) mass is 334 g/mol. The lowest BCUT2D eigenvalue weighted by Crippen LogP contribution is -2.35. The maximum absolute atomic E-state index is 2.39. The summed E-state index contributed by atoms with van der Waals surface area (Å²) in [6.45, 7) is 2.29. The summed E-state index contributed by atoms with van der Waals surface area (Å²) in [7, 11) is 2.39. The molecule has 25 heavy (non-hydrogen) atoms. The van der Waals surface area contributed by atoms with E-state index in [-0.39, 0.29) is 16.3 Å². The normalized spacial score (nSPS) is 11.7. The number of hydrogen-bond acceptors (Lipinski definition) is 0. The lowest BCUT2D eigenvalue weighted by Gasteiger charge is -2.39. The van der Waals surface area contributed by atoms with Gasteiger partial charge in [0.05, 0.1) is 0 Å². The number of rotatable bonds is 5. The van der Waals surface area contributed by atoms with Crippen LogP contribution in [0.2, 0.25) is 0 Å². The third kappa shape index (κ3) is 4.01. The van der Waals surface area contributed by atoms with Gasteiger partial charge in [0.25, 0.3) is 0 Å². The minimum absolute atomic E-state index is 0. The second-order valence-electron chi connectivity index (χ2n) is 6.31. The van der Waals surface area contributed by atoms with Gasteiger partial charge in [0.15, 0.2) is 0 Å². The van der Waals surface area contributed by atoms with Crippen LogP contribution in [0.5, 0.6) is 0 Å². The van der Waals surface area contributed by atoms with Gasteiger partial charge in [0.1, 0.15) is 7.85 Å². The van der Waals surface area contributed by atoms with Crippen LogP contribution in [0, 0.1) is 0 Å². The molecular weight excluding hydrogens is 307 g/mol. The fraction of sp³-hybridized carbons (Fsp3) is 0.182. The van der Waals surface area contributed by atoms with Gasteiger partial charge in [-0.05, 0) is 34.3 Å². The summed E-state index contributed by atoms with van der Waals surface area (Å²) in [6, 6.07) is 32.7. The van der Waals surface area contributed by atoms with E-state index in [1.54, 1.807) is 0 Å². The zero-order valence-corrected chi connectivity index (χ0v) is 14.9. The van der Waals surface area contributed by atoms with Gasteiger partial charge in [-0.2, -0.15) is 0 Å². The van der Waals surface area contributed by atoms with E-state index in [4.69, 9.17) is 0 Å². The SMILES string of the molecule is BC(c1ccccc1)(c1ccccc1)C(CC)c1ccccc1.O.O. The van der Waals surface area contributed by atoms with Crippen molar-refractivity contribution in [2.45, 2.75) is 24.6 Å². The lowest BCUT2D eigenvalue weighted by molar-refractivity contribution is 0.531. The summed E-state index contributed by atoms with van der Waals surface area (Å²) >= 11 is 0. The summed E-state index contributed by atoms with van der Waals surface area (Å²) in [5, 5.41) is -0.0430. The highest BCUT2D eigenvalue weighted by Gasteiger charge is 2.37. The molecule has 0 spiro atoms. The fourth-order valence-electron chi connectivity index (χ4n) is 3.80. The molecule has 130 valence electrons. The summed E-state index contributed by atoms with van der Waals surface area (Å²) in [4.78, 5) is 0. The Bertz CT molecular complexity index is 690. The van der Waals surface area contributed by atoms with Crippen molar-refractivity contribution < 1.29 is 11.0 Å². The molecule has 4 N–H and O–H groups in total. The molecule has 0 fully saturated rings. The van der Waals surface area contributed by atoms with Gasteiger partial charge < -0.3 is 11.0 Å². The van der Waals surface area contributed by atoms with E-state index in [9.17, 15) is 0 Å². The van der Waals surface area contributed by atoms with Crippen molar-refractivity contribution in [3.05, 3.63) is 108 Å². The minimum Gasteiger partial charge on any atom is -0.412 e. The first-order valence-electron chi connectivity index (χ1n) is 8.42. The molecule has 3 rings (SSSR count). The van der Waals surface area contributed by atoms with E-state index in [1.807, 2.05) is 0 Å². The van der Waals surface area contributed by atoms with Crippen LogP contribution in [0.4, 0.5) is 0 Å². The van der Waals surface area contributed by atoms with Crippen molar-refractivity contribution >= 4 is 7.85 Å². The van der Waals surface area contributed by atoms with Crippen LogP contribution in [-0.4, -0.2) is 18.8 Å². The molecule has 0 aliphatic rings. The van der Waals surface area contributed by atoms with Crippen LogP contribution in [0.3, 0.4) is 0 Å². The van der Waals surface area contributed by atoms with E-state index in [0.29, 0.717) is 5.92 Å². The van der Waals surface area contributed by atoms with Crippen molar-refractivity contribution in [3.63, 3.8) is 0 Å². The van der Waals surface area contributed by atoms with Crippen molar-refractivity contribution in [2.75, 3.05) is 0 Å². The zero-order valence-electron chi connectivity index (χ0n) is 14.9. The molecular formula is C22H27BO2. The molecule has 0 bridgehead atoms. The smallest absolute Gasteiger partial charge is 0.121 e. The van der Waals surface area contributed by atoms with Crippen LogP contribution in [0.25, 0.3) is 0 Å². The first kappa shape index (κ1) is 20.7. The van der Waals surface area contributed by atoms with E-state index in [0.717, 1.165) is 6.42 Å². The maximum atomic E-state index is 2.39. The topological polar surface area (TPSA) is 63.0 Å². The predicted octanol–water partition coefficient (Wildman–Crippen LogP) is 3.11. The first-order valence-corrected chi connectivity index (χ1v) is 8.42. The molecule has 0 saturated carbocycles. The summed E-state index contributed by atoms with van der Waals surface area (Å²) < 4.78 is 0. The molecule has 1 unspecified atom stereocenters. The van der Waals surface area contributed by atoms with Gasteiger partial charge in [-0.3, -0.25) is 0 Å². The molecule has 1 atom stereocenters. The summed E-state index contributed by atoms with van der Waals surface area (Å²) in [5.41, 5.74) is 4.16. The van der Waals surface area contributed by atoms with Gasteiger partial charge in [-0.1, -0.05) is 97.9 Å². The average Bonchev–Trinajstić information content (AvgIpc) is 2.64. The molecule has 0 amide bonds. The van der Waals surface area contributed by atoms with Crippen LogP contribution in [0.1, 0.15) is 36.0 Å². The Morgan fingerprint density at radius 1 is 0.680 bits per heavy atom. The molecule has 0 saturated heterocycles. The third-order valence-electron chi connectivity index (χ3n) is 5.05. The molecule has 3 aromatic rings. The van der Waals surface area contributed by atoms with Gasteiger partial charge in [0, 0.05) is 0 Å². The van der Waals surface area contributed by atoms with Gasteiger partial charge >= 0.3 is 0 Å². The Labute approximate surface area is 151 Å². The highest BCUT2D eigenvalue weighted by atomic mass is 16.0. The van der Waals surface area contributed by atoms with E-state index >= 15 is 0 Å². The molecule has 3 heteroatoms. The Morgan fingerprint density at radius 3 is 1.40 bits per heavy atom. The largest absolute Gasteiger partial charge is 0.412 e. The van der Waals surface area contributed by atoms with Crippen LogP contribution in [0.15, 0.2) is 91.0 Å². The van der Waals surface area contributed by atoms with Crippen LogP contribution in [-0.2, 0) is 5.31 Å². The van der Waals surface area contributed by atoms with Gasteiger partial charge in [-0.25, -0.2) is 0 Å². The first-order chi connectivity index (χ1) is 11.3. The molecule has 0 radical (unpaired) electrons. The molecule has 0 aliphatic heterocycles. The van der Waals surface area contributed by atoms with Gasteiger partial charge in [-0.15, -0.1) is 0 Å². The van der Waals surface area contributed by atoms with Crippen molar-refractivity contribution in [2.24, 2.45) is 0 Å². The number of hydrogen-bond donors (Lipinski definition) is 0. The van der Waals surface area contributed by atoms with Crippen molar-refractivity contribution in [1.29, 1.82) is 0 Å². The quantitative estimate of drug-likeness (QED) is 0.644. The van der Waals surface area contributed by atoms with Crippen molar-refractivity contribution in [3.8, 4) is 0 Å². The second kappa shape index (κ2) is 9.21. The van der Waals surface area contributed by atoms with Crippen molar-refractivity contribution in [1.82, 2.24) is 0 Å². The number of benzene rings is 3. The highest BCUT2D eigenvalue weighted by Crippen LogP contribution is 2.43. The summed E-state index contributed by atoms with van der Waals surface area (Å²) in [6.07, 6.45) is 1.10. The Kier molecular flexibility index (Phi) is 7.62. The molecule has 0 heterocycles. The highest BCUT2D eigenvalue weighted by molar-refractivity contribution is 6.19. The van der Waals surface area contributed by atoms with E-state index in [2.05, 4.69) is 106 Å². The Balaban J connectivity index is 0.00000156. The Hall–Kier alpha value is -2.36. The van der Waals surface area contributed by atoms with E-state index in [1.165, 1.54) is 16.7 Å². The molecule has 0 aliphatic carbocycles. The van der Waals surface area contributed by atoms with Crippen LogP contribution >= 0.6 is 0 Å². The molecule has 0 aromatic heterocycles. The molecule has 2 nitrogen and oxygen atoms in total.